The summed E-state index contributed by atoms with van der Waals surface area (Å²) in [5.74, 6) is -3.50. The van der Waals surface area contributed by atoms with Gasteiger partial charge in [-0.3, -0.25) is 14.5 Å². The Morgan fingerprint density at radius 1 is 1.08 bits per heavy atom. The van der Waals surface area contributed by atoms with E-state index in [4.69, 9.17) is 0 Å². The third-order valence-corrected chi connectivity index (χ3v) is 4.17. The number of imide groups is 1. The van der Waals surface area contributed by atoms with E-state index in [1.54, 1.807) is 37.3 Å². The predicted molar refractivity (Wildman–Crippen MR) is 84.7 cm³/mol. The Labute approximate surface area is 142 Å². The summed E-state index contributed by atoms with van der Waals surface area (Å²) in [6.07, 6.45) is 0. The molecule has 3 rings (SSSR count). The molecule has 2 aromatic carbocycles. The highest BCUT2D eigenvalue weighted by Crippen LogP contribution is 2.28. The quantitative estimate of drug-likeness (QED) is 0.685. The van der Waals surface area contributed by atoms with Crippen LogP contribution in [-0.4, -0.2) is 29.2 Å². The molecule has 0 radical (unpaired) electrons. The molecule has 1 atom stereocenters. The van der Waals surface area contributed by atoms with Crippen LogP contribution in [0.5, 0.6) is 0 Å². The Hall–Kier alpha value is -3.09. The van der Waals surface area contributed by atoms with Crippen LogP contribution in [0, 0.1) is 11.6 Å². The van der Waals surface area contributed by atoms with Crippen molar-refractivity contribution in [2.45, 2.75) is 12.5 Å². The van der Waals surface area contributed by atoms with E-state index in [-0.39, 0.29) is 5.56 Å². The minimum Gasteiger partial charge on any atom is -0.319 e. The van der Waals surface area contributed by atoms with Crippen LogP contribution in [0.25, 0.3) is 0 Å². The average molecular weight is 344 g/mol. The highest BCUT2D eigenvalue weighted by atomic mass is 19.2. The molecule has 0 spiro atoms. The van der Waals surface area contributed by atoms with Crippen LogP contribution in [0.15, 0.2) is 48.5 Å². The number of benzene rings is 2. The van der Waals surface area contributed by atoms with Gasteiger partial charge in [-0.25, -0.2) is 13.6 Å². The van der Waals surface area contributed by atoms with Gasteiger partial charge in [0.2, 0.25) is 0 Å². The molecule has 0 unspecified atom stereocenters. The number of rotatable bonds is 4. The molecule has 25 heavy (non-hydrogen) atoms. The number of nitrogens with one attached hydrogen (secondary N) is 1. The van der Waals surface area contributed by atoms with Crippen molar-refractivity contribution in [1.82, 2.24) is 10.2 Å². The van der Waals surface area contributed by atoms with Crippen molar-refractivity contribution < 1.29 is 23.2 Å². The van der Waals surface area contributed by atoms with Crippen molar-refractivity contribution in [3.8, 4) is 0 Å². The Morgan fingerprint density at radius 2 is 1.76 bits per heavy atom. The summed E-state index contributed by atoms with van der Waals surface area (Å²) in [5.41, 5.74) is -0.823. The summed E-state index contributed by atoms with van der Waals surface area (Å²) < 4.78 is 26.2. The van der Waals surface area contributed by atoms with Gasteiger partial charge in [-0.2, -0.15) is 0 Å². The molecule has 1 N–H and O–H groups in total. The predicted octanol–water partition coefficient (Wildman–Crippen LogP) is 2.61. The van der Waals surface area contributed by atoms with E-state index in [1.807, 2.05) is 0 Å². The van der Waals surface area contributed by atoms with Crippen molar-refractivity contribution in [3.05, 3.63) is 71.3 Å². The van der Waals surface area contributed by atoms with Crippen LogP contribution in [0.3, 0.4) is 0 Å². The Bertz CT molecular complexity index is 870. The third kappa shape index (κ3) is 2.88. The Balaban J connectivity index is 1.83. The van der Waals surface area contributed by atoms with Crippen LogP contribution in [0.1, 0.15) is 22.8 Å². The van der Waals surface area contributed by atoms with E-state index in [2.05, 4.69) is 5.32 Å². The first-order valence-corrected chi connectivity index (χ1v) is 7.51. The summed E-state index contributed by atoms with van der Waals surface area (Å²) in [6, 6.07) is 10.6. The van der Waals surface area contributed by atoms with Gasteiger partial charge < -0.3 is 5.32 Å². The molecular weight excluding hydrogens is 330 g/mol. The molecule has 128 valence electrons. The van der Waals surface area contributed by atoms with E-state index in [0.29, 0.717) is 5.56 Å². The second kappa shape index (κ2) is 6.08. The lowest BCUT2D eigenvalue weighted by atomic mass is 9.92. The van der Waals surface area contributed by atoms with Gasteiger partial charge in [-0.1, -0.05) is 30.3 Å². The lowest BCUT2D eigenvalue weighted by Gasteiger charge is -2.22. The largest absolute Gasteiger partial charge is 0.325 e. The fourth-order valence-corrected chi connectivity index (χ4v) is 2.71. The first-order chi connectivity index (χ1) is 11.8. The summed E-state index contributed by atoms with van der Waals surface area (Å²) in [7, 11) is 0. The van der Waals surface area contributed by atoms with Gasteiger partial charge >= 0.3 is 6.03 Å². The number of halogens is 2. The molecule has 1 saturated heterocycles. The van der Waals surface area contributed by atoms with Crippen molar-refractivity contribution >= 4 is 17.7 Å². The maximum atomic E-state index is 13.3. The highest BCUT2D eigenvalue weighted by Gasteiger charge is 2.49. The average Bonchev–Trinajstić information content (AvgIpc) is 2.82. The van der Waals surface area contributed by atoms with Crippen molar-refractivity contribution in [3.63, 3.8) is 0 Å². The number of hydrogen-bond donors (Lipinski definition) is 1. The standard InChI is InChI=1S/C18H14F2N2O3/c1-18(12-5-3-2-4-6-12)16(24)22(17(25)21-18)10-15(23)11-7-8-13(19)14(20)9-11/h2-9H,10H2,1H3,(H,21,25)/t18-/m1/s1. The molecule has 0 bridgehead atoms. The molecule has 0 aromatic heterocycles. The van der Waals surface area contributed by atoms with Crippen LogP contribution in [-0.2, 0) is 10.3 Å². The normalized spacial score (nSPS) is 19.9. The molecule has 2 aromatic rings. The fourth-order valence-electron chi connectivity index (χ4n) is 2.71. The van der Waals surface area contributed by atoms with Crippen LogP contribution < -0.4 is 5.32 Å². The minimum atomic E-state index is -1.29. The summed E-state index contributed by atoms with van der Waals surface area (Å²) in [5, 5.41) is 2.57. The summed E-state index contributed by atoms with van der Waals surface area (Å²) in [6.45, 7) is 0.989. The van der Waals surface area contributed by atoms with Gasteiger partial charge in [0.05, 0.1) is 6.54 Å². The smallest absolute Gasteiger partial charge is 0.319 e. The first kappa shape index (κ1) is 16.8. The second-order valence-electron chi connectivity index (χ2n) is 5.86. The number of hydrogen-bond acceptors (Lipinski definition) is 3. The number of carbonyl (C=O) groups excluding carboxylic acids is 3. The fraction of sp³-hybridized carbons (Fsp3) is 0.167. The van der Waals surface area contributed by atoms with E-state index < -0.39 is 41.4 Å². The lowest BCUT2D eigenvalue weighted by Crippen LogP contribution is -2.41. The summed E-state index contributed by atoms with van der Waals surface area (Å²) >= 11 is 0. The number of urea groups is 1. The third-order valence-electron chi connectivity index (χ3n) is 4.17. The monoisotopic (exact) mass is 344 g/mol. The van der Waals surface area contributed by atoms with Crippen molar-refractivity contribution in [1.29, 1.82) is 0 Å². The van der Waals surface area contributed by atoms with Gasteiger partial charge in [-0.15, -0.1) is 0 Å². The second-order valence-corrected chi connectivity index (χ2v) is 5.86. The van der Waals surface area contributed by atoms with Crippen LogP contribution >= 0.6 is 0 Å². The first-order valence-electron chi connectivity index (χ1n) is 7.51. The number of carbonyl (C=O) groups is 3. The van der Waals surface area contributed by atoms with E-state index in [0.717, 1.165) is 23.1 Å². The number of nitrogens with zero attached hydrogens (tertiary/aromatic N) is 1. The summed E-state index contributed by atoms with van der Waals surface area (Å²) in [4.78, 5) is 37.9. The molecular formula is C18H14F2N2O3. The topological polar surface area (TPSA) is 66.5 Å². The van der Waals surface area contributed by atoms with Gasteiger partial charge in [0.25, 0.3) is 5.91 Å². The molecule has 3 amide bonds. The maximum Gasteiger partial charge on any atom is 0.325 e. The zero-order valence-electron chi connectivity index (χ0n) is 13.3. The SMILES string of the molecule is C[C@]1(c2ccccc2)NC(=O)N(CC(=O)c2ccc(F)c(F)c2)C1=O. The minimum absolute atomic E-state index is 0.118. The van der Waals surface area contributed by atoms with E-state index >= 15 is 0 Å². The molecule has 0 aliphatic carbocycles. The number of amides is 3. The molecule has 5 nitrogen and oxygen atoms in total. The lowest BCUT2D eigenvalue weighted by molar-refractivity contribution is -0.130. The maximum absolute atomic E-state index is 13.3. The van der Waals surface area contributed by atoms with Crippen LogP contribution in [0.2, 0.25) is 0 Å². The highest BCUT2D eigenvalue weighted by molar-refractivity contribution is 6.11. The molecule has 1 aliphatic rings. The van der Waals surface area contributed by atoms with Crippen molar-refractivity contribution in [2.75, 3.05) is 6.54 Å². The van der Waals surface area contributed by atoms with Gasteiger partial charge in [0, 0.05) is 5.56 Å². The molecule has 1 heterocycles. The Kier molecular flexibility index (Phi) is 4.08. The zero-order valence-corrected chi connectivity index (χ0v) is 13.3. The van der Waals surface area contributed by atoms with E-state index in [1.165, 1.54) is 0 Å². The van der Waals surface area contributed by atoms with E-state index in [9.17, 15) is 23.2 Å². The molecule has 1 aliphatic heterocycles. The van der Waals surface area contributed by atoms with Gasteiger partial charge in [0.1, 0.15) is 5.54 Å². The molecule has 7 heteroatoms. The van der Waals surface area contributed by atoms with Gasteiger partial charge in [-0.05, 0) is 30.7 Å². The van der Waals surface area contributed by atoms with Gasteiger partial charge in [0.15, 0.2) is 17.4 Å². The zero-order chi connectivity index (χ0) is 18.2. The Morgan fingerprint density at radius 3 is 2.40 bits per heavy atom. The number of ketones is 1. The molecule has 1 fully saturated rings. The van der Waals surface area contributed by atoms with Crippen LogP contribution in [0.4, 0.5) is 13.6 Å². The number of Topliss-reactive ketones (excluding diaryl/α,β-unsaturated/α-hetero) is 1. The molecule has 0 saturated carbocycles. The van der Waals surface area contributed by atoms with Crippen molar-refractivity contribution in [2.24, 2.45) is 0 Å².